The van der Waals surface area contributed by atoms with Crippen LogP contribution in [0.2, 0.25) is 0 Å². The van der Waals surface area contributed by atoms with Crippen molar-refractivity contribution in [3.8, 4) is 5.75 Å². The molecule has 0 bridgehead atoms. The van der Waals surface area contributed by atoms with Gasteiger partial charge in [-0.15, -0.1) is 0 Å². The Kier molecular flexibility index (Phi) is 5.35. The highest BCUT2D eigenvalue weighted by Gasteiger charge is 2.18. The van der Waals surface area contributed by atoms with Gasteiger partial charge in [-0.25, -0.2) is 0 Å². The number of hydrogen-bond acceptors (Lipinski definition) is 4. The summed E-state index contributed by atoms with van der Waals surface area (Å²) in [5.74, 6) is 0.676. The van der Waals surface area contributed by atoms with Crippen LogP contribution in [0.3, 0.4) is 0 Å². The molecule has 0 saturated carbocycles. The fraction of sp³-hybridized carbons (Fsp3) is 0.462. The number of benzene rings is 1. The lowest BCUT2D eigenvalue weighted by molar-refractivity contribution is -0.145. The highest BCUT2D eigenvalue weighted by Crippen LogP contribution is 2.14. The molecule has 0 radical (unpaired) electrons. The van der Waals surface area contributed by atoms with E-state index in [4.69, 9.17) is 9.47 Å². The van der Waals surface area contributed by atoms with E-state index in [2.05, 4.69) is 12.6 Å². The van der Waals surface area contributed by atoms with Crippen molar-refractivity contribution in [3.05, 3.63) is 29.8 Å². The Morgan fingerprint density at radius 1 is 1.29 bits per heavy atom. The molecule has 4 heteroatoms. The van der Waals surface area contributed by atoms with E-state index in [-0.39, 0.29) is 23.7 Å². The number of thiol groups is 1. The van der Waals surface area contributed by atoms with Gasteiger partial charge in [0.15, 0.2) is 0 Å². The molecule has 1 aromatic carbocycles. The number of carbonyl (C=O) groups is 1. The third-order valence-corrected chi connectivity index (χ3v) is 3.22. The highest BCUT2D eigenvalue weighted by atomic mass is 32.1. The van der Waals surface area contributed by atoms with Crippen LogP contribution >= 0.6 is 12.6 Å². The molecular formula is C13H18O3S. The Bertz CT molecular complexity index is 359. The van der Waals surface area contributed by atoms with Gasteiger partial charge in [-0.1, -0.05) is 26.0 Å². The molecule has 1 rings (SSSR count). The van der Waals surface area contributed by atoms with Crippen molar-refractivity contribution in [1.82, 2.24) is 0 Å². The number of esters is 1. The van der Waals surface area contributed by atoms with Crippen LogP contribution in [0.5, 0.6) is 5.75 Å². The number of rotatable bonds is 5. The molecule has 0 amide bonds. The molecule has 0 spiro atoms. The van der Waals surface area contributed by atoms with Gasteiger partial charge < -0.3 is 9.47 Å². The van der Waals surface area contributed by atoms with Gasteiger partial charge in [0.1, 0.15) is 17.6 Å². The summed E-state index contributed by atoms with van der Waals surface area (Å²) < 4.78 is 10.2. The Morgan fingerprint density at radius 3 is 2.35 bits per heavy atom. The van der Waals surface area contributed by atoms with Gasteiger partial charge in [-0.2, -0.15) is 12.6 Å². The van der Waals surface area contributed by atoms with Gasteiger partial charge >= 0.3 is 5.97 Å². The minimum absolute atomic E-state index is 0.168. The third-order valence-electron chi connectivity index (χ3n) is 2.41. The molecule has 17 heavy (non-hydrogen) atoms. The van der Waals surface area contributed by atoms with E-state index in [1.165, 1.54) is 0 Å². The fourth-order valence-corrected chi connectivity index (χ4v) is 1.31. The smallest absolute Gasteiger partial charge is 0.319 e. The molecule has 0 heterocycles. The highest BCUT2D eigenvalue weighted by molar-refractivity contribution is 7.81. The summed E-state index contributed by atoms with van der Waals surface area (Å²) in [6.07, 6.45) is 0. The molecule has 94 valence electrons. The number of ether oxygens (including phenoxy) is 2. The third kappa shape index (κ3) is 4.30. The van der Waals surface area contributed by atoms with Gasteiger partial charge in [0, 0.05) is 0 Å². The zero-order chi connectivity index (χ0) is 12.8. The van der Waals surface area contributed by atoms with Crippen LogP contribution in [-0.4, -0.2) is 18.3 Å². The van der Waals surface area contributed by atoms with E-state index < -0.39 is 0 Å². The maximum absolute atomic E-state index is 11.6. The summed E-state index contributed by atoms with van der Waals surface area (Å²) in [5.41, 5.74) is 0.934. The molecular weight excluding hydrogens is 236 g/mol. The minimum atomic E-state index is -0.367. The van der Waals surface area contributed by atoms with Crippen molar-refractivity contribution in [3.63, 3.8) is 0 Å². The Morgan fingerprint density at radius 2 is 1.88 bits per heavy atom. The van der Waals surface area contributed by atoms with Crippen LogP contribution in [0, 0.1) is 5.92 Å². The quantitative estimate of drug-likeness (QED) is 0.648. The average molecular weight is 254 g/mol. The second kappa shape index (κ2) is 6.55. The Hall–Kier alpha value is -1.16. The van der Waals surface area contributed by atoms with Crippen molar-refractivity contribution >= 4 is 18.6 Å². The monoisotopic (exact) mass is 254 g/mol. The lowest BCUT2D eigenvalue weighted by Gasteiger charge is -2.13. The minimum Gasteiger partial charge on any atom is -0.497 e. The molecule has 0 aliphatic rings. The first-order valence-electron chi connectivity index (χ1n) is 5.52. The van der Waals surface area contributed by atoms with Crippen LogP contribution in [0.1, 0.15) is 19.4 Å². The molecule has 0 saturated heterocycles. The van der Waals surface area contributed by atoms with Crippen LogP contribution < -0.4 is 4.74 Å². The van der Waals surface area contributed by atoms with E-state index in [0.717, 1.165) is 11.3 Å². The second-order valence-corrected chi connectivity index (χ2v) is 4.70. The second-order valence-electron chi connectivity index (χ2n) is 4.14. The summed E-state index contributed by atoms with van der Waals surface area (Å²) in [6, 6.07) is 7.41. The van der Waals surface area contributed by atoms with Gasteiger partial charge in [0.2, 0.25) is 0 Å². The van der Waals surface area contributed by atoms with Crippen LogP contribution in [0.4, 0.5) is 0 Å². The SMILES string of the molecule is COc1ccc(COC(=O)C(S)C(C)C)cc1. The van der Waals surface area contributed by atoms with Gasteiger partial charge in [0.25, 0.3) is 0 Å². The van der Waals surface area contributed by atoms with E-state index in [1.807, 2.05) is 38.1 Å². The standard InChI is InChI=1S/C13H18O3S/c1-9(2)12(17)13(14)16-8-10-4-6-11(15-3)7-5-10/h4-7,9,12,17H,8H2,1-3H3. The Labute approximate surface area is 108 Å². The number of methoxy groups -OCH3 is 1. The topological polar surface area (TPSA) is 35.5 Å². The molecule has 0 aliphatic heterocycles. The lowest BCUT2D eigenvalue weighted by Crippen LogP contribution is -2.23. The molecule has 1 atom stereocenters. The normalized spacial score (nSPS) is 12.3. The molecule has 1 unspecified atom stereocenters. The summed E-state index contributed by atoms with van der Waals surface area (Å²) in [4.78, 5) is 11.6. The van der Waals surface area contributed by atoms with Crippen molar-refractivity contribution < 1.29 is 14.3 Å². The Balaban J connectivity index is 2.47. The zero-order valence-corrected chi connectivity index (χ0v) is 11.2. The summed E-state index contributed by atoms with van der Waals surface area (Å²) in [7, 11) is 1.61. The fourth-order valence-electron chi connectivity index (χ4n) is 1.23. The van der Waals surface area contributed by atoms with E-state index in [1.54, 1.807) is 7.11 Å². The van der Waals surface area contributed by atoms with E-state index in [9.17, 15) is 4.79 Å². The summed E-state index contributed by atoms with van der Waals surface area (Å²) in [5, 5.41) is -0.367. The van der Waals surface area contributed by atoms with E-state index >= 15 is 0 Å². The van der Waals surface area contributed by atoms with Crippen LogP contribution in [-0.2, 0) is 16.1 Å². The van der Waals surface area contributed by atoms with E-state index in [0.29, 0.717) is 0 Å². The molecule has 0 N–H and O–H groups in total. The molecule has 1 aromatic rings. The zero-order valence-electron chi connectivity index (χ0n) is 10.3. The summed E-state index contributed by atoms with van der Waals surface area (Å²) >= 11 is 4.20. The number of carbonyl (C=O) groups excluding carboxylic acids is 1. The maximum atomic E-state index is 11.6. The van der Waals surface area contributed by atoms with Gasteiger partial charge in [-0.3, -0.25) is 4.79 Å². The van der Waals surface area contributed by atoms with Crippen molar-refractivity contribution in [2.75, 3.05) is 7.11 Å². The first-order valence-corrected chi connectivity index (χ1v) is 6.04. The van der Waals surface area contributed by atoms with Crippen molar-refractivity contribution in [2.45, 2.75) is 25.7 Å². The van der Waals surface area contributed by atoms with Gasteiger partial charge in [0.05, 0.1) is 7.11 Å². The molecule has 3 nitrogen and oxygen atoms in total. The first kappa shape index (κ1) is 13.9. The molecule has 0 fully saturated rings. The van der Waals surface area contributed by atoms with Crippen LogP contribution in [0.15, 0.2) is 24.3 Å². The maximum Gasteiger partial charge on any atom is 0.319 e. The lowest BCUT2D eigenvalue weighted by atomic mass is 10.1. The largest absolute Gasteiger partial charge is 0.497 e. The van der Waals surface area contributed by atoms with Crippen LogP contribution in [0.25, 0.3) is 0 Å². The predicted octanol–water partition coefficient (Wildman–Crippen LogP) is 2.69. The first-order chi connectivity index (χ1) is 8.04. The van der Waals surface area contributed by atoms with Crippen molar-refractivity contribution in [1.29, 1.82) is 0 Å². The molecule has 0 aliphatic carbocycles. The molecule has 0 aromatic heterocycles. The predicted molar refractivity (Wildman–Crippen MR) is 70.4 cm³/mol. The average Bonchev–Trinajstić information content (AvgIpc) is 2.35. The summed E-state index contributed by atoms with van der Waals surface area (Å²) in [6.45, 7) is 4.14. The van der Waals surface area contributed by atoms with Crippen molar-refractivity contribution in [2.24, 2.45) is 5.92 Å². The van der Waals surface area contributed by atoms with Gasteiger partial charge in [-0.05, 0) is 23.6 Å². The number of hydrogen-bond donors (Lipinski definition) is 1.